The third-order valence-electron chi connectivity index (χ3n) is 1.36. The van der Waals surface area contributed by atoms with Crippen LogP contribution in [0.1, 0.15) is 5.56 Å². The Balaban J connectivity index is 0.000000385. The molecule has 0 unspecified atom stereocenters. The maximum atomic E-state index is 10.5. The highest BCUT2D eigenvalue weighted by molar-refractivity contribution is 7.85. The lowest BCUT2D eigenvalue weighted by molar-refractivity contribution is 0.381. The van der Waals surface area contributed by atoms with E-state index in [0.717, 1.165) is 6.66 Å². The molecule has 0 aromatic heterocycles. The van der Waals surface area contributed by atoms with Gasteiger partial charge in [-0.3, -0.25) is 4.57 Å². The maximum absolute atomic E-state index is 10.5. The summed E-state index contributed by atoms with van der Waals surface area (Å²) in [6.07, 6.45) is 0. The maximum Gasteiger partial charge on any atom is 0.324 e. The second-order valence-corrected chi connectivity index (χ2v) is 6.07. The van der Waals surface area contributed by atoms with E-state index in [1.807, 2.05) is 0 Å². The molecular weight excluding hydrogens is 255 g/mol. The van der Waals surface area contributed by atoms with E-state index in [2.05, 4.69) is 0 Å². The standard InChI is InChI=1S/C7H7O3S.CH5O3P/c1-6-4-2-3-5-7(6)11(8,9)10;1-5(2,3)4/h2-5H,1H3;1H3,(H2,2,3,4). The molecule has 1 rings (SSSR count). The molecule has 0 saturated heterocycles. The normalized spacial score (nSPS) is 11.6. The lowest BCUT2D eigenvalue weighted by Crippen LogP contribution is -1.97. The molecule has 8 heteroatoms. The van der Waals surface area contributed by atoms with Crippen LogP contribution >= 0.6 is 7.60 Å². The van der Waals surface area contributed by atoms with Crippen LogP contribution in [0.15, 0.2) is 29.2 Å². The number of benzene rings is 1. The van der Waals surface area contributed by atoms with Crippen LogP contribution in [0.2, 0.25) is 0 Å². The van der Waals surface area contributed by atoms with E-state index in [1.165, 1.54) is 12.1 Å². The van der Waals surface area contributed by atoms with E-state index >= 15 is 0 Å². The molecule has 1 radical (unpaired) electrons. The van der Waals surface area contributed by atoms with Gasteiger partial charge in [-0.1, -0.05) is 22.8 Å². The predicted octanol–water partition coefficient (Wildman–Crippen LogP) is 0.908. The van der Waals surface area contributed by atoms with Gasteiger partial charge in [-0.25, -0.2) is 0 Å². The Morgan fingerprint density at radius 2 is 1.56 bits per heavy atom. The third-order valence-corrected chi connectivity index (χ3v) is 2.36. The molecule has 1 aromatic carbocycles. The molecule has 16 heavy (non-hydrogen) atoms. The van der Waals surface area contributed by atoms with Gasteiger partial charge in [-0.2, -0.15) is 8.42 Å². The molecule has 0 amide bonds. The molecule has 0 aliphatic rings. The predicted molar refractivity (Wildman–Crippen MR) is 57.0 cm³/mol. The van der Waals surface area contributed by atoms with Crippen molar-refractivity contribution >= 4 is 17.7 Å². The van der Waals surface area contributed by atoms with Crippen molar-refractivity contribution in [2.75, 3.05) is 6.66 Å². The summed E-state index contributed by atoms with van der Waals surface area (Å²) < 4.78 is 40.8. The first-order valence-corrected chi connectivity index (χ1v) is 7.53. The largest absolute Gasteiger partial charge is 0.325 e. The van der Waals surface area contributed by atoms with Crippen molar-refractivity contribution < 1.29 is 27.3 Å². The Hall–Kier alpha value is -0.720. The zero-order valence-corrected chi connectivity index (χ0v) is 10.4. The van der Waals surface area contributed by atoms with Gasteiger partial charge >= 0.3 is 17.7 Å². The van der Waals surface area contributed by atoms with E-state index < -0.39 is 17.7 Å². The molecule has 0 spiro atoms. The first kappa shape index (κ1) is 15.3. The monoisotopic (exact) mass is 267 g/mol. The van der Waals surface area contributed by atoms with E-state index in [4.69, 9.17) is 9.79 Å². The van der Waals surface area contributed by atoms with Gasteiger partial charge in [0.1, 0.15) is 0 Å². The van der Waals surface area contributed by atoms with Crippen LogP contribution in [0, 0.1) is 6.92 Å². The lowest BCUT2D eigenvalue weighted by atomic mass is 10.2. The van der Waals surface area contributed by atoms with Crippen LogP contribution in [0.3, 0.4) is 0 Å². The van der Waals surface area contributed by atoms with Gasteiger partial charge in [0.15, 0.2) is 0 Å². The van der Waals surface area contributed by atoms with E-state index in [-0.39, 0.29) is 4.90 Å². The fraction of sp³-hybridized carbons (Fsp3) is 0.250. The molecular formula is C8H12O6PS. The van der Waals surface area contributed by atoms with Crippen molar-refractivity contribution in [3.63, 3.8) is 0 Å². The molecule has 0 bridgehead atoms. The Kier molecular flexibility index (Phi) is 5.31. The summed E-state index contributed by atoms with van der Waals surface area (Å²) in [5.74, 6) is 0. The second-order valence-electron chi connectivity index (χ2n) is 3.05. The minimum atomic E-state index is -4.28. The molecule has 0 saturated carbocycles. The average Bonchev–Trinajstić information content (AvgIpc) is 1.99. The Bertz CT molecular complexity index is 481. The zero-order chi connectivity index (χ0) is 13.0. The van der Waals surface area contributed by atoms with Crippen LogP contribution in [-0.2, 0) is 19.2 Å². The summed E-state index contributed by atoms with van der Waals surface area (Å²) in [4.78, 5) is 15.1. The molecule has 1 aromatic rings. The smallest absolute Gasteiger partial charge is 0.324 e. The summed E-state index contributed by atoms with van der Waals surface area (Å²) in [7, 11) is -7.92. The first-order valence-electron chi connectivity index (χ1n) is 4.06. The highest BCUT2D eigenvalue weighted by Gasteiger charge is 2.12. The van der Waals surface area contributed by atoms with Gasteiger partial charge in [0.05, 0.1) is 4.90 Å². The molecule has 6 nitrogen and oxygen atoms in total. The molecule has 0 aliphatic carbocycles. The minimum Gasteiger partial charge on any atom is -0.325 e. The Morgan fingerprint density at radius 3 is 1.81 bits per heavy atom. The molecule has 0 aliphatic heterocycles. The van der Waals surface area contributed by atoms with Crippen molar-refractivity contribution in [1.82, 2.24) is 0 Å². The van der Waals surface area contributed by atoms with E-state index in [1.54, 1.807) is 19.1 Å². The molecule has 0 atom stereocenters. The van der Waals surface area contributed by atoms with Gasteiger partial charge in [0, 0.05) is 6.66 Å². The van der Waals surface area contributed by atoms with Crippen molar-refractivity contribution in [1.29, 1.82) is 0 Å². The van der Waals surface area contributed by atoms with Crippen molar-refractivity contribution in [3.05, 3.63) is 29.8 Å². The highest BCUT2D eigenvalue weighted by atomic mass is 32.2. The topological polar surface area (TPSA) is 112 Å². The molecule has 91 valence electrons. The molecule has 0 heterocycles. The average molecular weight is 267 g/mol. The van der Waals surface area contributed by atoms with Gasteiger partial charge in [-0.15, -0.1) is 0 Å². The quantitative estimate of drug-likeness (QED) is 0.734. The van der Waals surface area contributed by atoms with Crippen molar-refractivity contribution in [2.24, 2.45) is 0 Å². The van der Waals surface area contributed by atoms with Gasteiger partial charge in [0.2, 0.25) is 0 Å². The minimum absolute atomic E-state index is 0.139. The molecule has 2 N–H and O–H groups in total. The third kappa shape index (κ3) is 7.56. The zero-order valence-electron chi connectivity index (χ0n) is 8.69. The van der Waals surface area contributed by atoms with Crippen LogP contribution in [0.4, 0.5) is 0 Å². The lowest BCUT2D eigenvalue weighted by Gasteiger charge is -1.97. The van der Waals surface area contributed by atoms with Crippen molar-refractivity contribution in [2.45, 2.75) is 11.8 Å². The number of hydrogen-bond donors (Lipinski definition) is 2. The van der Waals surface area contributed by atoms with E-state index in [9.17, 15) is 17.5 Å². The van der Waals surface area contributed by atoms with Gasteiger partial charge in [-0.05, 0) is 18.6 Å². The second kappa shape index (κ2) is 5.56. The summed E-state index contributed by atoms with van der Waals surface area (Å²) >= 11 is 0. The number of aryl methyl sites for hydroxylation is 1. The highest BCUT2D eigenvalue weighted by Crippen LogP contribution is 2.26. The summed E-state index contributed by atoms with van der Waals surface area (Å²) in [6, 6.07) is 6.10. The van der Waals surface area contributed by atoms with Crippen LogP contribution in [0.5, 0.6) is 0 Å². The Morgan fingerprint density at radius 1 is 1.19 bits per heavy atom. The fourth-order valence-electron chi connectivity index (χ4n) is 0.837. The first-order chi connectivity index (χ1) is 7.02. The van der Waals surface area contributed by atoms with E-state index in [0.29, 0.717) is 5.56 Å². The van der Waals surface area contributed by atoms with Gasteiger partial charge < -0.3 is 9.79 Å². The SMILES string of the molecule is CP(=O)(O)O.Cc1ccccc1S([O])(=O)=O. The van der Waals surface area contributed by atoms with Gasteiger partial charge in [0.25, 0.3) is 0 Å². The van der Waals surface area contributed by atoms with Crippen LogP contribution < -0.4 is 0 Å². The molecule has 0 fully saturated rings. The Labute approximate surface area is 93.8 Å². The van der Waals surface area contributed by atoms with Crippen molar-refractivity contribution in [3.8, 4) is 0 Å². The summed E-state index contributed by atoms with van der Waals surface area (Å²) in [5, 5.41) is 0. The van der Waals surface area contributed by atoms with Crippen LogP contribution in [-0.4, -0.2) is 24.9 Å². The summed E-state index contributed by atoms with van der Waals surface area (Å²) in [5.41, 5.74) is 0.488. The number of rotatable bonds is 1. The summed E-state index contributed by atoms with van der Waals surface area (Å²) in [6.45, 7) is 2.44. The van der Waals surface area contributed by atoms with Crippen LogP contribution in [0.25, 0.3) is 0 Å². The fourth-order valence-corrected chi connectivity index (χ4v) is 1.54. The number of hydrogen-bond acceptors (Lipinski definition) is 3.